The zero-order valence-corrected chi connectivity index (χ0v) is 12.8. The van der Waals surface area contributed by atoms with Crippen LogP contribution in [0.15, 0.2) is 24.4 Å². The Morgan fingerprint density at radius 3 is 2.80 bits per heavy atom. The van der Waals surface area contributed by atoms with Crippen LogP contribution in [0, 0.1) is 12.7 Å². The molecule has 0 bridgehead atoms. The monoisotopic (exact) mass is 294 g/mol. The number of hydrogen-bond acceptors (Lipinski definition) is 4. The third kappa shape index (κ3) is 4.28. The number of halogens is 1. The number of nitrogens with zero attached hydrogens (tertiary/aromatic N) is 1. The van der Waals surface area contributed by atoms with Crippen LogP contribution >= 0.6 is 11.3 Å². The van der Waals surface area contributed by atoms with E-state index in [0.717, 1.165) is 15.4 Å². The fraction of sp³-hybridized carbons (Fsp3) is 0.400. The van der Waals surface area contributed by atoms with Crippen LogP contribution in [0.5, 0.6) is 5.75 Å². The molecule has 3 nitrogen and oxygen atoms in total. The lowest BCUT2D eigenvalue weighted by molar-refractivity contribution is 0.293. The van der Waals surface area contributed by atoms with Crippen molar-refractivity contribution in [1.82, 2.24) is 10.3 Å². The molecule has 1 N–H and O–H groups in total. The van der Waals surface area contributed by atoms with Gasteiger partial charge in [0.25, 0.3) is 0 Å². The van der Waals surface area contributed by atoms with Gasteiger partial charge < -0.3 is 10.1 Å². The molecule has 108 valence electrons. The van der Waals surface area contributed by atoms with Crippen LogP contribution in [0.4, 0.5) is 4.39 Å². The summed E-state index contributed by atoms with van der Waals surface area (Å²) in [7, 11) is 0. The first-order chi connectivity index (χ1) is 9.54. The highest BCUT2D eigenvalue weighted by atomic mass is 32.1. The maximum Gasteiger partial charge on any atom is 0.165 e. The zero-order chi connectivity index (χ0) is 14.5. The Morgan fingerprint density at radius 2 is 2.20 bits per heavy atom. The lowest BCUT2D eigenvalue weighted by Gasteiger charge is -2.10. The van der Waals surface area contributed by atoms with Crippen molar-refractivity contribution in [3.05, 3.63) is 45.7 Å². The van der Waals surface area contributed by atoms with Gasteiger partial charge in [0.15, 0.2) is 11.6 Å². The molecular formula is C15H19FN2OS. The largest absolute Gasteiger partial charge is 0.485 e. The summed E-state index contributed by atoms with van der Waals surface area (Å²) in [6.07, 6.45) is 1.76. The predicted molar refractivity (Wildman–Crippen MR) is 79.6 cm³/mol. The highest BCUT2D eigenvalue weighted by Gasteiger charge is 2.07. The fourth-order valence-corrected chi connectivity index (χ4v) is 2.42. The molecule has 1 aromatic carbocycles. The normalized spacial score (nSPS) is 11.1. The molecule has 0 saturated carbocycles. The topological polar surface area (TPSA) is 34.1 Å². The second-order valence-corrected chi connectivity index (χ2v) is 6.25. The van der Waals surface area contributed by atoms with Gasteiger partial charge in [-0.25, -0.2) is 9.37 Å². The summed E-state index contributed by atoms with van der Waals surface area (Å²) in [4.78, 5) is 5.14. The van der Waals surface area contributed by atoms with E-state index < -0.39 is 0 Å². The Kier molecular flexibility index (Phi) is 5.09. The first-order valence-corrected chi connectivity index (χ1v) is 7.42. The van der Waals surface area contributed by atoms with Gasteiger partial charge >= 0.3 is 0 Å². The van der Waals surface area contributed by atoms with E-state index in [2.05, 4.69) is 24.1 Å². The van der Waals surface area contributed by atoms with Crippen molar-refractivity contribution in [2.75, 3.05) is 0 Å². The van der Waals surface area contributed by atoms with Crippen LogP contribution in [-0.4, -0.2) is 11.0 Å². The molecule has 1 heterocycles. The van der Waals surface area contributed by atoms with E-state index in [-0.39, 0.29) is 11.6 Å². The Bertz CT molecular complexity index is 569. The average Bonchev–Trinajstić information content (AvgIpc) is 2.81. The van der Waals surface area contributed by atoms with E-state index in [0.29, 0.717) is 19.2 Å². The van der Waals surface area contributed by atoms with Crippen molar-refractivity contribution in [2.45, 2.75) is 40.0 Å². The molecule has 0 atom stereocenters. The Hall–Kier alpha value is -1.46. The third-order valence-corrected chi connectivity index (χ3v) is 3.64. The van der Waals surface area contributed by atoms with Gasteiger partial charge in [-0.3, -0.25) is 0 Å². The van der Waals surface area contributed by atoms with Crippen LogP contribution in [-0.2, 0) is 13.2 Å². The van der Waals surface area contributed by atoms with Crippen molar-refractivity contribution >= 4 is 11.3 Å². The Balaban J connectivity index is 1.95. The van der Waals surface area contributed by atoms with Gasteiger partial charge in [0.05, 0.1) is 9.88 Å². The standard InChI is InChI=1S/C15H19FN2OS/c1-10(2)17-7-12-4-5-15(14(16)6-12)19-9-13-8-18-11(3)20-13/h4-6,8,10,17H,7,9H2,1-3H3. The van der Waals surface area contributed by atoms with Gasteiger partial charge in [-0.2, -0.15) is 0 Å². The number of aryl methyl sites for hydroxylation is 1. The van der Waals surface area contributed by atoms with E-state index in [1.54, 1.807) is 23.6 Å². The molecule has 0 aliphatic rings. The minimum Gasteiger partial charge on any atom is -0.485 e. The van der Waals surface area contributed by atoms with Gasteiger partial charge in [-0.05, 0) is 24.6 Å². The van der Waals surface area contributed by atoms with Gasteiger partial charge in [0.1, 0.15) is 6.61 Å². The molecule has 0 saturated heterocycles. The Morgan fingerprint density at radius 1 is 1.40 bits per heavy atom. The number of thiazole rings is 1. The van der Waals surface area contributed by atoms with E-state index in [9.17, 15) is 4.39 Å². The van der Waals surface area contributed by atoms with Crippen molar-refractivity contribution in [2.24, 2.45) is 0 Å². The van der Waals surface area contributed by atoms with Crippen LogP contribution < -0.4 is 10.1 Å². The molecule has 0 aliphatic heterocycles. The molecule has 20 heavy (non-hydrogen) atoms. The summed E-state index contributed by atoms with van der Waals surface area (Å²) in [6, 6.07) is 5.46. The summed E-state index contributed by atoms with van der Waals surface area (Å²) < 4.78 is 19.4. The molecule has 2 rings (SSSR count). The average molecular weight is 294 g/mol. The third-order valence-electron chi connectivity index (χ3n) is 2.75. The molecule has 0 amide bonds. The van der Waals surface area contributed by atoms with E-state index in [1.165, 1.54) is 6.07 Å². The molecule has 0 unspecified atom stereocenters. The van der Waals surface area contributed by atoms with Gasteiger partial charge in [0, 0.05) is 18.8 Å². The first-order valence-electron chi connectivity index (χ1n) is 6.60. The van der Waals surface area contributed by atoms with Crippen LogP contribution in [0.3, 0.4) is 0 Å². The van der Waals surface area contributed by atoms with Gasteiger partial charge in [-0.15, -0.1) is 11.3 Å². The summed E-state index contributed by atoms with van der Waals surface area (Å²) in [5, 5.41) is 4.24. The van der Waals surface area contributed by atoms with Crippen molar-refractivity contribution in [3.8, 4) is 5.75 Å². The van der Waals surface area contributed by atoms with Crippen LogP contribution in [0.25, 0.3) is 0 Å². The van der Waals surface area contributed by atoms with Crippen molar-refractivity contribution < 1.29 is 9.13 Å². The van der Waals surface area contributed by atoms with Gasteiger partial charge in [0.2, 0.25) is 0 Å². The molecule has 1 aromatic heterocycles. The van der Waals surface area contributed by atoms with E-state index in [1.807, 2.05) is 13.0 Å². The quantitative estimate of drug-likeness (QED) is 0.882. The maximum absolute atomic E-state index is 13.9. The van der Waals surface area contributed by atoms with Crippen LogP contribution in [0.1, 0.15) is 29.3 Å². The fourth-order valence-electron chi connectivity index (χ4n) is 1.71. The Labute approximate surface area is 122 Å². The second kappa shape index (κ2) is 6.81. The number of aromatic nitrogens is 1. The van der Waals surface area contributed by atoms with E-state index in [4.69, 9.17) is 4.74 Å². The molecule has 2 aromatic rings. The number of hydrogen-bond donors (Lipinski definition) is 1. The number of nitrogens with one attached hydrogen (secondary N) is 1. The highest BCUT2D eigenvalue weighted by molar-refractivity contribution is 7.11. The maximum atomic E-state index is 13.9. The van der Waals surface area contributed by atoms with Gasteiger partial charge in [-0.1, -0.05) is 19.9 Å². The minimum absolute atomic E-state index is 0.282. The lowest BCUT2D eigenvalue weighted by atomic mass is 10.2. The molecule has 5 heteroatoms. The molecule has 0 aliphatic carbocycles. The smallest absolute Gasteiger partial charge is 0.165 e. The zero-order valence-electron chi connectivity index (χ0n) is 11.9. The first kappa shape index (κ1) is 14.9. The molecule has 0 fully saturated rings. The predicted octanol–water partition coefficient (Wildman–Crippen LogP) is 3.67. The number of benzene rings is 1. The summed E-state index contributed by atoms with van der Waals surface area (Å²) in [6.45, 7) is 7.07. The number of rotatable bonds is 6. The summed E-state index contributed by atoms with van der Waals surface area (Å²) in [5.74, 6) is -0.0429. The molecule has 0 radical (unpaired) electrons. The molecule has 0 spiro atoms. The second-order valence-electron chi connectivity index (χ2n) is 4.93. The highest BCUT2D eigenvalue weighted by Crippen LogP contribution is 2.21. The minimum atomic E-state index is -0.325. The van der Waals surface area contributed by atoms with Crippen molar-refractivity contribution in [3.63, 3.8) is 0 Å². The summed E-state index contributed by atoms with van der Waals surface area (Å²) in [5.41, 5.74) is 0.914. The number of ether oxygens (including phenoxy) is 1. The molecular weight excluding hydrogens is 275 g/mol. The van der Waals surface area contributed by atoms with Crippen LogP contribution in [0.2, 0.25) is 0 Å². The SMILES string of the molecule is Cc1ncc(COc2ccc(CNC(C)C)cc2F)s1. The lowest BCUT2D eigenvalue weighted by Crippen LogP contribution is -2.21. The van der Waals surface area contributed by atoms with Crippen molar-refractivity contribution in [1.29, 1.82) is 0 Å². The summed E-state index contributed by atoms with van der Waals surface area (Å²) >= 11 is 1.56. The van der Waals surface area contributed by atoms with E-state index >= 15 is 0 Å².